The summed E-state index contributed by atoms with van der Waals surface area (Å²) >= 11 is 0. The summed E-state index contributed by atoms with van der Waals surface area (Å²) < 4.78 is 41.4. The summed E-state index contributed by atoms with van der Waals surface area (Å²) in [6, 6.07) is 7.55. The molecule has 1 aromatic heterocycles. The van der Waals surface area contributed by atoms with Gasteiger partial charge in [-0.05, 0) is 62.4 Å². The largest absolute Gasteiger partial charge is 0.495 e. The van der Waals surface area contributed by atoms with Gasteiger partial charge < -0.3 is 34.8 Å². The Bertz CT molecular complexity index is 2330. The topological polar surface area (TPSA) is 213 Å². The molecular formula is C41H43F2N9O9. The Labute approximate surface area is 347 Å². The van der Waals surface area contributed by atoms with E-state index in [1.807, 2.05) is 0 Å². The van der Waals surface area contributed by atoms with Gasteiger partial charge in [-0.3, -0.25) is 43.8 Å². The highest BCUT2D eigenvalue weighted by Gasteiger charge is 2.49. The van der Waals surface area contributed by atoms with Crippen molar-refractivity contribution >= 4 is 64.5 Å². The highest BCUT2D eigenvalue weighted by molar-refractivity contribution is 6.24. The molecule has 1 unspecified atom stereocenters. The van der Waals surface area contributed by atoms with Crippen molar-refractivity contribution in [2.75, 3.05) is 55.5 Å². The fourth-order valence-electron chi connectivity index (χ4n) is 8.54. The van der Waals surface area contributed by atoms with Crippen molar-refractivity contribution in [3.8, 4) is 11.5 Å². The van der Waals surface area contributed by atoms with Gasteiger partial charge in [0.05, 0.1) is 36.7 Å². The van der Waals surface area contributed by atoms with E-state index in [1.165, 1.54) is 49.5 Å². The van der Waals surface area contributed by atoms with Crippen molar-refractivity contribution in [2.45, 2.75) is 75.4 Å². The number of carbonyl (C=O) groups is 7. The van der Waals surface area contributed by atoms with Crippen LogP contribution in [0.15, 0.2) is 42.6 Å². The molecule has 2 aromatic carbocycles. The molecule has 4 aliphatic heterocycles. The summed E-state index contributed by atoms with van der Waals surface area (Å²) in [5.41, 5.74) is 0.865. The number of halogens is 2. The molecular weight excluding hydrogens is 801 g/mol. The third-order valence-corrected chi connectivity index (χ3v) is 11.8. The minimum atomic E-state index is -3.61. The third-order valence-electron chi connectivity index (χ3n) is 11.8. The highest BCUT2D eigenvalue weighted by Crippen LogP contribution is 2.40. The maximum atomic E-state index is 15.0. The predicted octanol–water partition coefficient (Wildman–Crippen LogP) is 2.79. The SMILES string of the molecule is COc1cc(C(=O)NC2CCN(C(=O)COc3cccc4c3C(=O)N(C3CCC(=O)NC3=O)C4=O)CC2)ccc1Nc1ncc2c(n1)N(C1CCCC1)CC(F)(F)C(=O)N2C. The van der Waals surface area contributed by atoms with E-state index in [-0.39, 0.29) is 76.8 Å². The zero-order valence-corrected chi connectivity index (χ0v) is 33.4. The lowest BCUT2D eigenvalue weighted by Crippen LogP contribution is -2.54. The van der Waals surface area contributed by atoms with Gasteiger partial charge in [0, 0.05) is 44.2 Å². The van der Waals surface area contributed by atoms with E-state index in [1.54, 1.807) is 17.0 Å². The zero-order valence-electron chi connectivity index (χ0n) is 33.4. The smallest absolute Gasteiger partial charge is 0.342 e. The van der Waals surface area contributed by atoms with Gasteiger partial charge in [-0.2, -0.15) is 13.8 Å². The number of anilines is 4. The molecule has 1 atom stereocenters. The number of fused-ring (bicyclic) bond motifs is 2. The number of nitrogens with zero attached hydrogens (tertiary/aromatic N) is 6. The minimum absolute atomic E-state index is 0.00532. The Hall–Kier alpha value is -6.73. The van der Waals surface area contributed by atoms with E-state index in [2.05, 4.69) is 25.9 Å². The number of benzene rings is 2. The highest BCUT2D eigenvalue weighted by atomic mass is 19.3. The molecule has 1 saturated carbocycles. The number of imide groups is 2. The molecule has 1 aliphatic carbocycles. The molecule has 3 fully saturated rings. The molecule has 0 spiro atoms. The number of amides is 7. The minimum Gasteiger partial charge on any atom is -0.495 e. The van der Waals surface area contributed by atoms with Crippen molar-refractivity contribution in [2.24, 2.45) is 0 Å². The van der Waals surface area contributed by atoms with E-state index >= 15 is 8.78 Å². The van der Waals surface area contributed by atoms with Gasteiger partial charge in [-0.25, -0.2) is 4.98 Å². The van der Waals surface area contributed by atoms with Crippen LogP contribution in [0.2, 0.25) is 0 Å². The predicted molar refractivity (Wildman–Crippen MR) is 212 cm³/mol. The quantitative estimate of drug-likeness (QED) is 0.251. The molecule has 8 rings (SSSR count). The number of methoxy groups -OCH3 is 1. The van der Waals surface area contributed by atoms with Crippen LogP contribution in [0, 0.1) is 0 Å². The third kappa shape index (κ3) is 7.88. The first kappa shape index (κ1) is 41.0. The maximum Gasteiger partial charge on any atom is 0.342 e. The molecule has 61 heavy (non-hydrogen) atoms. The van der Waals surface area contributed by atoms with Crippen LogP contribution in [0.1, 0.15) is 82.4 Å². The molecule has 5 heterocycles. The molecule has 0 bridgehead atoms. The van der Waals surface area contributed by atoms with Gasteiger partial charge in [0.1, 0.15) is 23.2 Å². The lowest BCUT2D eigenvalue weighted by Gasteiger charge is -2.32. The first-order valence-electron chi connectivity index (χ1n) is 20.0. The number of alkyl halides is 2. The second kappa shape index (κ2) is 16.4. The molecule has 2 saturated heterocycles. The van der Waals surface area contributed by atoms with Crippen LogP contribution in [0.3, 0.4) is 0 Å². The first-order valence-corrected chi connectivity index (χ1v) is 20.0. The van der Waals surface area contributed by atoms with Crippen LogP contribution in [0.25, 0.3) is 0 Å². The number of aromatic nitrogens is 2. The van der Waals surface area contributed by atoms with Crippen LogP contribution >= 0.6 is 0 Å². The summed E-state index contributed by atoms with van der Waals surface area (Å²) in [7, 11) is 2.71. The fourth-order valence-corrected chi connectivity index (χ4v) is 8.54. The number of ether oxygens (including phenoxy) is 2. The standard InChI is InChI=1S/C41H43F2N9O9/c1-49-28-19-44-40(48-34(28)51(24-6-3-4-7-24)21-41(42,43)39(49)59)46-26-11-10-22(18-30(26)60-2)35(55)45-23-14-16-50(17-15-23)32(54)20-61-29-9-5-8-25-33(29)38(58)52(37(25)57)27-12-13-31(53)47-36(27)56/h5,8-11,18-19,23-24,27H,3-4,6-7,12-17,20-21H2,1-2H3,(H,45,55)(H,44,46,48)(H,47,53,56). The van der Waals surface area contributed by atoms with Crippen molar-refractivity contribution < 1.29 is 51.8 Å². The van der Waals surface area contributed by atoms with E-state index in [4.69, 9.17) is 9.47 Å². The Morgan fingerprint density at radius 2 is 1.72 bits per heavy atom. The normalized spacial score (nSPS) is 20.6. The Kier molecular flexibility index (Phi) is 11.0. The summed E-state index contributed by atoms with van der Waals surface area (Å²) in [4.78, 5) is 104. The number of nitrogens with one attached hydrogen (secondary N) is 3. The summed E-state index contributed by atoms with van der Waals surface area (Å²) in [6.45, 7) is -0.587. The van der Waals surface area contributed by atoms with Gasteiger partial charge in [0.15, 0.2) is 12.4 Å². The van der Waals surface area contributed by atoms with Gasteiger partial charge in [0.2, 0.25) is 17.8 Å². The number of hydrogen-bond donors (Lipinski definition) is 3. The number of likely N-dealkylation sites (tertiary alicyclic amines) is 1. The van der Waals surface area contributed by atoms with Crippen molar-refractivity contribution in [3.05, 3.63) is 59.3 Å². The Morgan fingerprint density at radius 1 is 0.967 bits per heavy atom. The first-order chi connectivity index (χ1) is 29.2. The van der Waals surface area contributed by atoms with Crippen LogP contribution in [0.4, 0.5) is 31.9 Å². The lowest BCUT2D eigenvalue weighted by atomic mass is 10.0. The molecule has 0 radical (unpaired) electrons. The van der Waals surface area contributed by atoms with Gasteiger partial charge in [-0.15, -0.1) is 0 Å². The van der Waals surface area contributed by atoms with Crippen LogP contribution in [-0.2, 0) is 19.2 Å². The molecule has 7 amide bonds. The van der Waals surface area contributed by atoms with Gasteiger partial charge in [-0.1, -0.05) is 18.9 Å². The summed E-state index contributed by atoms with van der Waals surface area (Å²) in [6.07, 6.45) is 5.40. The van der Waals surface area contributed by atoms with Crippen LogP contribution in [-0.4, -0.2) is 126 Å². The average molecular weight is 844 g/mol. The van der Waals surface area contributed by atoms with Crippen molar-refractivity contribution in [1.82, 2.24) is 30.4 Å². The second-order valence-corrected chi connectivity index (χ2v) is 15.6. The fraction of sp³-hybridized carbons (Fsp3) is 0.439. The van der Waals surface area contributed by atoms with Gasteiger partial charge >= 0.3 is 5.92 Å². The Morgan fingerprint density at radius 3 is 2.44 bits per heavy atom. The molecule has 18 nitrogen and oxygen atoms in total. The van der Waals surface area contributed by atoms with E-state index in [9.17, 15) is 33.6 Å². The summed E-state index contributed by atoms with van der Waals surface area (Å²) in [5.74, 6) is -7.70. The number of piperidine rings is 2. The van der Waals surface area contributed by atoms with Crippen LogP contribution < -0.4 is 35.2 Å². The number of hydrogen-bond acceptors (Lipinski definition) is 13. The maximum absolute atomic E-state index is 15.0. The van der Waals surface area contributed by atoms with E-state index < -0.39 is 54.7 Å². The molecule has 5 aliphatic rings. The zero-order chi connectivity index (χ0) is 43.2. The average Bonchev–Trinajstić information content (AvgIpc) is 3.86. The lowest BCUT2D eigenvalue weighted by molar-refractivity contribution is -0.140. The molecule has 3 aromatic rings. The monoisotopic (exact) mass is 843 g/mol. The summed E-state index contributed by atoms with van der Waals surface area (Å²) in [5, 5.41) is 8.23. The van der Waals surface area contributed by atoms with Crippen molar-refractivity contribution in [1.29, 1.82) is 0 Å². The Balaban J connectivity index is 0.864. The van der Waals surface area contributed by atoms with E-state index in [0.29, 0.717) is 50.0 Å². The molecule has 3 N–H and O–H groups in total. The number of carbonyl (C=O) groups excluding carboxylic acids is 7. The number of rotatable bonds is 10. The second-order valence-electron chi connectivity index (χ2n) is 15.6. The molecule has 20 heteroatoms. The van der Waals surface area contributed by atoms with Gasteiger partial charge in [0.25, 0.3) is 29.5 Å². The van der Waals surface area contributed by atoms with Crippen LogP contribution in [0.5, 0.6) is 11.5 Å². The van der Waals surface area contributed by atoms with Crippen molar-refractivity contribution in [3.63, 3.8) is 0 Å². The molecule has 320 valence electrons. The van der Waals surface area contributed by atoms with E-state index in [0.717, 1.165) is 22.6 Å².